The van der Waals surface area contributed by atoms with Gasteiger partial charge in [-0.05, 0) is 31.7 Å². The van der Waals surface area contributed by atoms with Gasteiger partial charge < -0.3 is 10.6 Å². The van der Waals surface area contributed by atoms with Gasteiger partial charge in [-0.15, -0.1) is 0 Å². The molecule has 0 aromatic carbocycles. The summed E-state index contributed by atoms with van der Waals surface area (Å²) in [7, 11) is 1.65. The van der Waals surface area contributed by atoms with Crippen LogP contribution in [0.1, 0.15) is 47.8 Å². The number of hydrogen-bond donors (Lipinski definition) is 3. The fraction of sp³-hybridized carbons (Fsp3) is 0.667. The van der Waals surface area contributed by atoms with Gasteiger partial charge in [-0.1, -0.05) is 0 Å². The second-order valence-corrected chi connectivity index (χ2v) is 6.18. The van der Waals surface area contributed by atoms with Crippen LogP contribution in [0.25, 0.3) is 0 Å². The maximum Gasteiger partial charge on any atom is 0.271 e. The van der Waals surface area contributed by atoms with Gasteiger partial charge in [-0.2, -0.15) is 5.10 Å². The van der Waals surface area contributed by atoms with E-state index in [2.05, 4.69) is 25.7 Å². The third kappa shape index (κ3) is 3.65. The Morgan fingerprint density at radius 3 is 2.68 bits per heavy atom. The van der Waals surface area contributed by atoms with Crippen molar-refractivity contribution in [3.63, 3.8) is 0 Å². The maximum atomic E-state index is 12.2. The van der Waals surface area contributed by atoms with E-state index >= 15 is 0 Å². The first kappa shape index (κ1) is 15.0. The van der Waals surface area contributed by atoms with Crippen LogP contribution in [-0.4, -0.2) is 59.6 Å². The van der Waals surface area contributed by atoms with E-state index in [1.807, 2.05) is 6.07 Å². The molecule has 1 aromatic heterocycles. The highest BCUT2D eigenvalue weighted by Crippen LogP contribution is 2.38. The van der Waals surface area contributed by atoms with Crippen LogP contribution in [-0.2, 0) is 4.79 Å². The van der Waals surface area contributed by atoms with Crippen LogP contribution in [0.4, 0.5) is 0 Å². The lowest BCUT2D eigenvalue weighted by molar-refractivity contribution is -0.122. The topological polar surface area (TPSA) is 90.1 Å². The molecule has 0 unspecified atom stereocenters. The van der Waals surface area contributed by atoms with Crippen LogP contribution in [0.5, 0.6) is 0 Å². The monoisotopic (exact) mass is 305 g/mol. The van der Waals surface area contributed by atoms with Gasteiger partial charge in [0.15, 0.2) is 0 Å². The molecule has 1 saturated heterocycles. The molecule has 1 saturated carbocycles. The minimum absolute atomic E-state index is 0.0339. The lowest BCUT2D eigenvalue weighted by Gasteiger charge is -2.31. The van der Waals surface area contributed by atoms with E-state index in [1.54, 1.807) is 7.05 Å². The molecule has 2 aliphatic rings. The Morgan fingerprint density at radius 2 is 2.05 bits per heavy atom. The van der Waals surface area contributed by atoms with Gasteiger partial charge in [-0.25, -0.2) is 0 Å². The number of amides is 2. The molecule has 7 heteroatoms. The normalized spacial score (nSPS) is 19.9. The molecule has 7 nitrogen and oxygen atoms in total. The second kappa shape index (κ2) is 6.48. The average Bonchev–Trinajstić information content (AvgIpc) is 3.26. The van der Waals surface area contributed by atoms with Crippen LogP contribution in [0.3, 0.4) is 0 Å². The summed E-state index contributed by atoms with van der Waals surface area (Å²) < 4.78 is 0. The fourth-order valence-corrected chi connectivity index (χ4v) is 2.83. The van der Waals surface area contributed by atoms with Crippen LogP contribution in [0.2, 0.25) is 0 Å². The van der Waals surface area contributed by atoms with Gasteiger partial charge >= 0.3 is 0 Å². The number of carbonyl (C=O) groups excluding carboxylic acids is 2. The van der Waals surface area contributed by atoms with Crippen molar-refractivity contribution in [2.45, 2.75) is 37.6 Å². The molecule has 2 amide bonds. The Balaban J connectivity index is 1.45. The Morgan fingerprint density at radius 1 is 1.32 bits per heavy atom. The molecule has 0 radical (unpaired) electrons. The van der Waals surface area contributed by atoms with E-state index in [9.17, 15) is 9.59 Å². The van der Waals surface area contributed by atoms with E-state index in [-0.39, 0.29) is 17.9 Å². The fourth-order valence-electron chi connectivity index (χ4n) is 2.83. The quantitative estimate of drug-likeness (QED) is 0.726. The molecule has 1 aliphatic heterocycles. The Hall–Kier alpha value is -1.89. The number of hydrogen-bond acceptors (Lipinski definition) is 4. The predicted molar refractivity (Wildman–Crippen MR) is 81.6 cm³/mol. The molecule has 2 fully saturated rings. The van der Waals surface area contributed by atoms with Crippen molar-refractivity contribution in [2.24, 2.45) is 0 Å². The molecule has 3 rings (SSSR count). The lowest BCUT2D eigenvalue weighted by Crippen LogP contribution is -2.47. The predicted octanol–water partition coefficient (Wildman–Crippen LogP) is 0.227. The van der Waals surface area contributed by atoms with Crippen LogP contribution < -0.4 is 10.6 Å². The summed E-state index contributed by atoms with van der Waals surface area (Å²) in [6.45, 7) is 2.08. The Kier molecular flexibility index (Phi) is 4.42. The zero-order valence-corrected chi connectivity index (χ0v) is 12.9. The Labute approximate surface area is 129 Å². The Bertz CT molecular complexity index is 544. The highest BCUT2D eigenvalue weighted by atomic mass is 16.2. The number of rotatable bonds is 5. The van der Waals surface area contributed by atoms with Crippen molar-refractivity contribution in [3.8, 4) is 0 Å². The maximum absolute atomic E-state index is 12.2. The number of carbonyl (C=O) groups is 2. The van der Waals surface area contributed by atoms with Crippen molar-refractivity contribution >= 4 is 11.8 Å². The molecule has 3 N–H and O–H groups in total. The third-order valence-electron chi connectivity index (χ3n) is 4.42. The standard InChI is InChI=1S/C15H23N5O2/c1-16-14(21)9-20-6-4-11(5-7-20)17-15(22)13-8-12(18-19-13)10-2-3-10/h8,10-11H,2-7,9H2,1H3,(H,16,21)(H,17,22)(H,18,19). The number of likely N-dealkylation sites (N-methyl/N-ethyl adjacent to an activating group) is 1. The van der Waals surface area contributed by atoms with Crippen LogP contribution in [0, 0.1) is 0 Å². The SMILES string of the molecule is CNC(=O)CN1CCC(NC(=O)c2cc(C3CC3)[nH]n2)CC1. The first-order valence-corrected chi connectivity index (χ1v) is 7.95. The summed E-state index contributed by atoms with van der Waals surface area (Å²) in [5.41, 5.74) is 1.56. The number of aromatic nitrogens is 2. The molecular weight excluding hydrogens is 282 g/mol. The summed E-state index contributed by atoms with van der Waals surface area (Å²) in [6, 6.07) is 2.03. The molecule has 22 heavy (non-hydrogen) atoms. The molecule has 120 valence electrons. The number of likely N-dealkylation sites (tertiary alicyclic amines) is 1. The van der Waals surface area contributed by atoms with Crippen LogP contribution in [0.15, 0.2) is 6.07 Å². The van der Waals surface area contributed by atoms with Gasteiger partial charge in [0.25, 0.3) is 5.91 Å². The number of nitrogens with one attached hydrogen (secondary N) is 3. The van der Waals surface area contributed by atoms with Crippen molar-refractivity contribution in [3.05, 3.63) is 17.5 Å². The molecule has 0 bridgehead atoms. The van der Waals surface area contributed by atoms with E-state index in [1.165, 1.54) is 12.8 Å². The van der Waals surface area contributed by atoms with Crippen molar-refractivity contribution in [1.82, 2.24) is 25.7 Å². The van der Waals surface area contributed by atoms with Crippen molar-refractivity contribution < 1.29 is 9.59 Å². The highest BCUT2D eigenvalue weighted by Gasteiger charge is 2.27. The zero-order valence-electron chi connectivity index (χ0n) is 12.9. The van der Waals surface area contributed by atoms with Gasteiger partial charge in [-0.3, -0.25) is 19.6 Å². The van der Waals surface area contributed by atoms with Gasteiger partial charge in [0, 0.05) is 37.8 Å². The first-order chi connectivity index (χ1) is 10.7. The smallest absolute Gasteiger partial charge is 0.271 e. The van der Waals surface area contributed by atoms with Gasteiger partial charge in [0.2, 0.25) is 5.91 Å². The van der Waals surface area contributed by atoms with E-state index in [0.29, 0.717) is 18.2 Å². The first-order valence-electron chi connectivity index (χ1n) is 7.95. The number of H-pyrrole nitrogens is 1. The third-order valence-corrected chi connectivity index (χ3v) is 4.42. The molecule has 1 aromatic rings. The van der Waals surface area contributed by atoms with E-state index in [0.717, 1.165) is 31.6 Å². The summed E-state index contributed by atoms with van der Waals surface area (Å²) >= 11 is 0. The second-order valence-electron chi connectivity index (χ2n) is 6.18. The molecule has 1 aliphatic carbocycles. The minimum Gasteiger partial charge on any atom is -0.358 e. The zero-order chi connectivity index (χ0) is 15.5. The van der Waals surface area contributed by atoms with E-state index < -0.39 is 0 Å². The number of nitrogens with zero attached hydrogens (tertiary/aromatic N) is 2. The summed E-state index contributed by atoms with van der Waals surface area (Å²) in [5, 5.41) is 12.7. The molecule has 2 heterocycles. The minimum atomic E-state index is -0.104. The molecule has 0 atom stereocenters. The number of piperidine rings is 1. The highest BCUT2D eigenvalue weighted by molar-refractivity contribution is 5.92. The average molecular weight is 305 g/mol. The lowest BCUT2D eigenvalue weighted by atomic mass is 10.0. The van der Waals surface area contributed by atoms with Crippen molar-refractivity contribution in [1.29, 1.82) is 0 Å². The summed E-state index contributed by atoms with van der Waals surface area (Å²) in [5.74, 6) is 0.501. The summed E-state index contributed by atoms with van der Waals surface area (Å²) in [6.07, 6.45) is 4.10. The molecule has 0 spiro atoms. The molecular formula is C15H23N5O2. The number of aromatic amines is 1. The van der Waals surface area contributed by atoms with Crippen LogP contribution >= 0.6 is 0 Å². The van der Waals surface area contributed by atoms with E-state index in [4.69, 9.17) is 0 Å². The van der Waals surface area contributed by atoms with Crippen molar-refractivity contribution in [2.75, 3.05) is 26.7 Å². The largest absolute Gasteiger partial charge is 0.358 e. The van der Waals surface area contributed by atoms with Gasteiger partial charge in [0.1, 0.15) is 5.69 Å². The van der Waals surface area contributed by atoms with Gasteiger partial charge in [0.05, 0.1) is 6.54 Å². The summed E-state index contributed by atoms with van der Waals surface area (Å²) in [4.78, 5) is 25.7.